The zero-order valence-electron chi connectivity index (χ0n) is 11.3. The lowest BCUT2D eigenvalue weighted by Crippen LogP contribution is -2.48. The molecule has 20 heavy (non-hydrogen) atoms. The predicted molar refractivity (Wildman–Crippen MR) is 82.7 cm³/mol. The third-order valence-electron chi connectivity index (χ3n) is 3.82. The molecule has 0 aliphatic heterocycles. The average molecular weight is 292 g/mol. The number of nitrogens with one attached hydrogen (secondary N) is 1. The Labute approximate surface area is 124 Å². The molecular weight excluding hydrogens is 272 g/mol. The third kappa shape index (κ3) is 3.70. The normalized spacial score (nSPS) is 17.4. The van der Waals surface area contributed by atoms with Gasteiger partial charge < -0.3 is 16.2 Å². The molecule has 5 heteroatoms. The van der Waals surface area contributed by atoms with Gasteiger partial charge >= 0.3 is 0 Å². The highest BCUT2D eigenvalue weighted by Crippen LogP contribution is 2.27. The highest BCUT2D eigenvalue weighted by atomic mass is 32.1. The molecule has 108 valence electrons. The number of aromatic hydroxyl groups is 1. The fraction of sp³-hybridized carbons (Fsp3) is 0.467. The first-order valence-electron chi connectivity index (χ1n) is 6.97. The fourth-order valence-electron chi connectivity index (χ4n) is 2.76. The summed E-state index contributed by atoms with van der Waals surface area (Å²) in [7, 11) is 0. The molecule has 1 aromatic rings. The van der Waals surface area contributed by atoms with Crippen LogP contribution in [0.25, 0.3) is 0 Å². The Bertz CT molecular complexity index is 498. The summed E-state index contributed by atoms with van der Waals surface area (Å²) in [5, 5.41) is 12.3. The van der Waals surface area contributed by atoms with Crippen LogP contribution < -0.4 is 11.1 Å². The minimum Gasteiger partial charge on any atom is -0.508 e. The van der Waals surface area contributed by atoms with Crippen molar-refractivity contribution in [2.24, 2.45) is 11.7 Å². The lowest BCUT2D eigenvalue weighted by atomic mass is 9.83. The van der Waals surface area contributed by atoms with Gasteiger partial charge in [0.05, 0.1) is 11.0 Å². The Morgan fingerprint density at radius 2 is 2.05 bits per heavy atom. The smallest absolute Gasteiger partial charge is 0.251 e. The summed E-state index contributed by atoms with van der Waals surface area (Å²) in [6.45, 7) is 0. The van der Waals surface area contributed by atoms with E-state index in [1.807, 2.05) is 0 Å². The molecule has 1 amide bonds. The van der Waals surface area contributed by atoms with Crippen molar-refractivity contribution >= 4 is 23.1 Å². The Hall–Kier alpha value is -1.62. The second-order valence-electron chi connectivity index (χ2n) is 5.30. The van der Waals surface area contributed by atoms with Gasteiger partial charge in [0.15, 0.2) is 0 Å². The first-order valence-corrected chi connectivity index (χ1v) is 7.38. The molecular formula is C15H20N2O2S. The van der Waals surface area contributed by atoms with Crippen molar-refractivity contribution in [1.29, 1.82) is 0 Å². The number of carbonyl (C=O) groups excluding carboxylic acids is 1. The zero-order chi connectivity index (χ0) is 14.5. The first kappa shape index (κ1) is 14.8. The van der Waals surface area contributed by atoms with Crippen LogP contribution in [-0.4, -0.2) is 22.0 Å². The number of hydrogen-bond acceptors (Lipinski definition) is 3. The molecule has 4 nitrogen and oxygen atoms in total. The van der Waals surface area contributed by atoms with Gasteiger partial charge in [0, 0.05) is 5.56 Å². The number of rotatable bonds is 4. The molecule has 2 rings (SSSR count). The van der Waals surface area contributed by atoms with Crippen LogP contribution in [0.2, 0.25) is 0 Å². The van der Waals surface area contributed by atoms with Gasteiger partial charge in [-0.05, 0) is 37.0 Å². The van der Waals surface area contributed by atoms with Gasteiger partial charge in [0.25, 0.3) is 5.91 Å². The Morgan fingerprint density at radius 3 is 2.65 bits per heavy atom. The second kappa shape index (κ2) is 6.70. The summed E-state index contributed by atoms with van der Waals surface area (Å²) in [6.07, 6.45) is 5.64. The first-order chi connectivity index (χ1) is 9.58. The number of carbonyl (C=O) groups is 1. The Morgan fingerprint density at radius 1 is 1.35 bits per heavy atom. The third-order valence-corrected chi connectivity index (χ3v) is 4.08. The summed E-state index contributed by atoms with van der Waals surface area (Å²) in [6, 6.07) is 6.00. The van der Waals surface area contributed by atoms with E-state index in [0.717, 1.165) is 25.7 Å². The molecule has 1 fully saturated rings. The second-order valence-corrected chi connectivity index (χ2v) is 5.77. The number of amides is 1. The average Bonchev–Trinajstić information content (AvgIpc) is 2.45. The molecule has 1 unspecified atom stereocenters. The maximum Gasteiger partial charge on any atom is 0.251 e. The molecule has 0 saturated heterocycles. The van der Waals surface area contributed by atoms with E-state index in [1.54, 1.807) is 12.1 Å². The van der Waals surface area contributed by atoms with Crippen LogP contribution in [0.3, 0.4) is 0 Å². The molecule has 0 heterocycles. The summed E-state index contributed by atoms with van der Waals surface area (Å²) in [4.78, 5) is 12.6. The number of hydrogen-bond donors (Lipinski definition) is 3. The zero-order valence-corrected chi connectivity index (χ0v) is 12.2. The quantitative estimate of drug-likeness (QED) is 0.745. The molecule has 0 radical (unpaired) electrons. The van der Waals surface area contributed by atoms with Crippen molar-refractivity contribution in [1.82, 2.24) is 5.32 Å². The van der Waals surface area contributed by atoms with Gasteiger partial charge in [0.1, 0.15) is 5.75 Å². The van der Waals surface area contributed by atoms with Crippen molar-refractivity contribution < 1.29 is 9.90 Å². The number of thiocarbonyl (C=S) groups is 1. The lowest BCUT2D eigenvalue weighted by Gasteiger charge is -2.30. The molecule has 1 aliphatic carbocycles. The fourth-order valence-corrected chi connectivity index (χ4v) is 3.01. The van der Waals surface area contributed by atoms with Gasteiger partial charge in [-0.15, -0.1) is 0 Å². The predicted octanol–water partition coefficient (Wildman–Crippen LogP) is 2.36. The Balaban J connectivity index is 2.07. The maximum atomic E-state index is 12.2. The van der Waals surface area contributed by atoms with Crippen LogP contribution in [-0.2, 0) is 0 Å². The highest BCUT2D eigenvalue weighted by molar-refractivity contribution is 7.80. The van der Waals surface area contributed by atoms with E-state index in [1.165, 1.54) is 18.6 Å². The van der Waals surface area contributed by atoms with E-state index in [2.05, 4.69) is 5.32 Å². The Kier molecular flexibility index (Phi) is 4.95. The van der Waals surface area contributed by atoms with Gasteiger partial charge in [-0.3, -0.25) is 4.79 Å². The minimum absolute atomic E-state index is 0.0715. The maximum absolute atomic E-state index is 12.2. The summed E-state index contributed by atoms with van der Waals surface area (Å²) in [5.74, 6) is 0.147. The lowest BCUT2D eigenvalue weighted by molar-refractivity contribution is 0.0931. The van der Waals surface area contributed by atoms with E-state index in [9.17, 15) is 9.90 Å². The SMILES string of the molecule is NC(=S)C(NC(=O)c1cccc(O)c1)C1CCCCC1. The van der Waals surface area contributed by atoms with Crippen LogP contribution in [0.15, 0.2) is 24.3 Å². The molecule has 1 saturated carbocycles. The van der Waals surface area contributed by atoms with Crippen LogP contribution in [0, 0.1) is 5.92 Å². The monoisotopic (exact) mass is 292 g/mol. The van der Waals surface area contributed by atoms with E-state index >= 15 is 0 Å². The topological polar surface area (TPSA) is 75.3 Å². The van der Waals surface area contributed by atoms with E-state index in [4.69, 9.17) is 18.0 Å². The number of benzene rings is 1. The van der Waals surface area contributed by atoms with Gasteiger partial charge in [-0.2, -0.15) is 0 Å². The van der Waals surface area contributed by atoms with Crippen molar-refractivity contribution in [2.75, 3.05) is 0 Å². The number of phenols is 1. The van der Waals surface area contributed by atoms with Crippen LogP contribution in [0.1, 0.15) is 42.5 Å². The largest absolute Gasteiger partial charge is 0.508 e. The van der Waals surface area contributed by atoms with Crippen LogP contribution in [0.4, 0.5) is 0 Å². The van der Waals surface area contributed by atoms with Crippen molar-refractivity contribution in [3.05, 3.63) is 29.8 Å². The minimum atomic E-state index is -0.264. The molecule has 1 atom stereocenters. The van der Waals surface area contributed by atoms with Crippen LogP contribution >= 0.6 is 12.2 Å². The molecule has 0 bridgehead atoms. The number of phenolic OH excluding ortho intramolecular Hbond substituents is 1. The van der Waals surface area contributed by atoms with Crippen LogP contribution in [0.5, 0.6) is 5.75 Å². The van der Waals surface area contributed by atoms with E-state index in [-0.39, 0.29) is 17.7 Å². The molecule has 1 aliphatic rings. The van der Waals surface area contributed by atoms with Gasteiger partial charge in [0.2, 0.25) is 0 Å². The summed E-state index contributed by atoms with van der Waals surface area (Å²) in [5.41, 5.74) is 6.21. The molecule has 4 N–H and O–H groups in total. The summed E-state index contributed by atoms with van der Waals surface area (Å²) >= 11 is 5.11. The number of nitrogens with two attached hydrogens (primary N) is 1. The van der Waals surface area contributed by atoms with Crippen molar-refractivity contribution in [3.8, 4) is 5.75 Å². The molecule has 1 aromatic carbocycles. The van der Waals surface area contributed by atoms with Crippen molar-refractivity contribution in [2.45, 2.75) is 38.1 Å². The standard InChI is InChI=1S/C15H20N2O2S/c16-14(20)13(10-5-2-1-3-6-10)17-15(19)11-7-4-8-12(18)9-11/h4,7-10,13,18H,1-3,5-6H2,(H2,16,20)(H,17,19). The van der Waals surface area contributed by atoms with E-state index in [0.29, 0.717) is 16.5 Å². The highest BCUT2D eigenvalue weighted by Gasteiger charge is 2.27. The van der Waals surface area contributed by atoms with Crippen molar-refractivity contribution in [3.63, 3.8) is 0 Å². The van der Waals surface area contributed by atoms with Gasteiger partial charge in [-0.1, -0.05) is 37.5 Å². The van der Waals surface area contributed by atoms with Gasteiger partial charge in [-0.25, -0.2) is 0 Å². The molecule has 0 aromatic heterocycles. The molecule has 0 spiro atoms. The summed E-state index contributed by atoms with van der Waals surface area (Å²) < 4.78 is 0. The van der Waals surface area contributed by atoms with E-state index < -0.39 is 0 Å².